The Balaban J connectivity index is 1.55. The smallest absolute Gasteiger partial charge is 0.224 e. The summed E-state index contributed by atoms with van der Waals surface area (Å²) in [4.78, 5) is 21.2. The van der Waals surface area contributed by atoms with E-state index in [1.165, 1.54) is 0 Å². The van der Waals surface area contributed by atoms with Gasteiger partial charge in [0.2, 0.25) is 5.91 Å². The molecule has 164 valence electrons. The minimum absolute atomic E-state index is 0.0293. The molecule has 0 fully saturated rings. The van der Waals surface area contributed by atoms with Crippen LogP contribution in [-0.4, -0.2) is 42.4 Å². The third-order valence-electron chi connectivity index (χ3n) is 6.06. The Bertz CT molecular complexity index is 1550. The van der Waals surface area contributed by atoms with E-state index in [0.29, 0.717) is 12.2 Å². The Kier molecular flexibility index (Phi) is 4.36. The number of amides is 1. The fraction of sp³-hybridized carbons (Fsp3) is 0.208. The maximum absolute atomic E-state index is 12.0. The molecule has 9 heteroatoms. The molecule has 6 rings (SSSR count). The summed E-state index contributed by atoms with van der Waals surface area (Å²) in [6.07, 6.45) is 9.34. The zero-order chi connectivity index (χ0) is 22.5. The first-order valence-corrected chi connectivity index (χ1v) is 10.8. The van der Waals surface area contributed by atoms with Crippen LogP contribution in [0.5, 0.6) is 5.75 Å². The summed E-state index contributed by atoms with van der Waals surface area (Å²) in [7, 11) is 1.62. The molecule has 0 spiro atoms. The van der Waals surface area contributed by atoms with Crippen LogP contribution in [0.3, 0.4) is 0 Å². The van der Waals surface area contributed by atoms with Crippen LogP contribution in [0, 0.1) is 6.92 Å². The quantitative estimate of drug-likeness (QED) is 0.460. The lowest BCUT2D eigenvalue weighted by Gasteiger charge is -2.15. The minimum atomic E-state index is 0.0293. The molecule has 1 N–H and O–H groups in total. The second-order valence-electron chi connectivity index (χ2n) is 8.11. The lowest BCUT2D eigenvalue weighted by molar-refractivity contribution is -0.116. The molecule has 1 amide bonds. The number of methoxy groups -OCH3 is 1. The van der Waals surface area contributed by atoms with E-state index in [-0.39, 0.29) is 5.91 Å². The van der Waals surface area contributed by atoms with Crippen LogP contribution in [-0.2, 0) is 11.2 Å². The van der Waals surface area contributed by atoms with Gasteiger partial charge in [0.05, 0.1) is 35.8 Å². The number of aryl methyl sites for hydroxylation is 2. The number of fused-ring (bicyclic) bond motifs is 3. The van der Waals surface area contributed by atoms with Crippen molar-refractivity contribution in [2.24, 2.45) is 0 Å². The van der Waals surface area contributed by atoms with Crippen molar-refractivity contribution < 1.29 is 9.53 Å². The molecule has 1 aromatic carbocycles. The van der Waals surface area contributed by atoms with Crippen LogP contribution in [0.1, 0.15) is 24.1 Å². The van der Waals surface area contributed by atoms with Crippen molar-refractivity contribution in [3.63, 3.8) is 0 Å². The highest BCUT2D eigenvalue weighted by molar-refractivity contribution is 5.93. The van der Waals surface area contributed by atoms with Crippen LogP contribution >= 0.6 is 0 Å². The summed E-state index contributed by atoms with van der Waals surface area (Å²) in [5.74, 6) is 0.665. The highest BCUT2D eigenvalue weighted by atomic mass is 16.5. The van der Waals surface area contributed by atoms with Crippen molar-refractivity contribution in [1.29, 1.82) is 0 Å². The zero-order valence-electron chi connectivity index (χ0n) is 18.2. The van der Waals surface area contributed by atoms with Gasteiger partial charge in [0, 0.05) is 42.2 Å². The molecule has 5 aromatic rings. The van der Waals surface area contributed by atoms with Crippen LogP contribution in [0.15, 0.2) is 49.1 Å². The summed E-state index contributed by atoms with van der Waals surface area (Å²) in [5, 5.41) is 13.1. The van der Waals surface area contributed by atoms with Gasteiger partial charge < -0.3 is 10.1 Å². The fourth-order valence-corrected chi connectivity index (χ4v) is 4.41. The van der Waals surface area contributed by atoms with Gasteiger partial charge in [-0.2, -0.15) is 10.2 Å². The summed E-state index contributed by atoms with van der Waals surface area (Å²) >= 11 is 0. The molecular weight excluding hydrogens is 418 g/mol. The monoisotopic (exact) mass is 439 g/mol. The highest BCUT2D eigenvalue weighted by Gasteiger charge is 2.20. The molecular formula is C24H21N7O2. The third kappa shape index (κ3) is 3.12. The molecule has 0 bridgehead atoms. The van der Waals surface area contributed by atoms with Crippen molar-refractivity contribution in [3.8, 4) is 22.7 Å². The lowest BCUT2D eigenvalue weighted by atomic mass is 10.1. The normalized spacial score (nSPS) is 13.7. The number of nitrogens with zero attached hydrogens (tertiary/aromatic N) is 6. The summed E-state index contributed by atoms with van der Waals surface area (Å²) < 4.78 is 9.33. The van der Waals surface area contributed by atoms with Gasteiger partial charge in [-0.3, -0.25) is 9.78 Å². The van der Waals surface area contributed by atoms with Gasteiger partial charge in [-0.25, -0.2) is 14.2 Å². The first-order chi connectivity index (χ1) is 16.1. The molecule has 5 heterocycles. The standard InChI is InChI=1S/C24H21N7O2/c1-14-16-12-26-19(17-13-27-30-8-4-7-25-24(17)30)10-20(16)31(29-14)21-9-15-5-3-6-23(32)28-18(15)11-22(21)33-2/h4,7-13H,3,5-6H2,1-2H3,(H,28,32). The number of hydrogen-bond acceptors (Lipinski definition) is 6. The Hall–Kier alpha value is -4.27. The first-order valence-electron chi connectivity index (χ1n) is 10.8. The number of anilines is 1. The van der Waals surface area contributed by atoms with E-state index in [4.69, 9.17) is 9.84 Å². The second-order valence-corrected chi connectivity index (χ2v) is 8.11. The number of carbonyl (C=O) groups is 1. The van der Waals surface area contributed by atoms with Crippen molar-refractivity contribution in [2.45, 2.75) is 26.2 Å². The number of nitrogens with one attached hydrogen (secondary N) is 1. The number of carbonyl (C=O) groups excluding carboxylic acids is 1. The maximum atomic E-state index is 12.0. The van der Waals surface area contributed by atoms with Crippen molar-refractivity contribution >= 4 is 28.1 Å². The van der Waals surface area contributed by atoms with Gasteiger partial charge >= 0.3 is 0 Å². The average molecular weight is 439 g/mol. The van der Waals surface area contributed by atoms with Crippen molar-refractivity contribution in [3.05, 3.63) is 60.3 Å². The average Bonchev–Trinajstić information content (AvgIpc) is 3.34. The molecule has 0 saturated carbocycles. The van der Waals surface area contributed by atoms with E-state index in [1.807, 2.05) is 42.2 Å². The van der Waals surface area contributed by atoms with E-state index >= 15 is 0 Å². The van der Waals surface area contributed by atoms with Gasteiger partial charge in [-0.15, -0.1) is 0 Å². The van der Waals surface area contributed by atoms with Crippen molar-refractivity contribution in [2.75, 3.05) is 12.4 Å². The molecule has 1 aliphatic heterocycles. The van der Waals surface area contributed by atoms with E-state index in [2.05, 4.69) is 26.4 Å². The molecule has 0 unspecified atom stereocenters. The SMILES string of the molecule is COc1cc2c(cc1-n1nc(C)c3cnc(-c4cnn5cccnc45)cc31)CCCC(=O)N2. The largest absolute Gasteiger partial charge is 0.494 e. The number of aromatic nitrogens is 6. The number of rotatable bonds is 3. The third-order valence-corrected chi connectivity index (χ3v) is 6.06. The van der Waals surface area contributed by atoms with Gasteiger partial charge in [-0.1, -0.05) is 0 Å². The Morgan fingerprint density at radius 1 is 1.12 bits per heavy atom. The zero-order valence-corrected chi connectivity index (χ0v) is 18.2. The van der Waals surface area contributed by atoms with E-state index in [9.17, 15) is 4.79 Å². The van der Waals surface area contributed by atoms with Crippen LogP contribution in [0.25, 0.3) is 33.5 Å². The van der Waals surface area contributed by atoms with Gasteiger partial charge in [0.1, 0.15) is 11.4 Å². The lowest BCUT2D eigenvalue weighted by Crippen LogP contribution is -2.10. The number of ether oxygens (including phenoxy) is 1. The van der Waals surface area contributed by atoms with Crippen LogP contribution < -0.4 is 10.1 Å². The predicted octanol–water partition coefficient (Wildman–Crippen LogP) is 3.72. The maximum Gasteiger partial charge on any atom is 0.224 e. The number of hydrogen-bond donors (Lipinski definition) is 1. The molecule has 4 aromatic heterocycles. The van der Waals surface area contributed by atoms with Gasteiger partial charge in [-0.05, 0) is 43.5 Å². The molecule has 1 aliphatic rings. The molecule has 0 saturated heterocycles. The predicted molar refractivity (Wildman–Crippen MR) is 124 cm³/mol. The van der Waals surface area contributed by atoms with E-state index in [1.54, 1.807) is 24.0 Å². The topological polar surface area (TPSA) is 99.2 Å². The Labute approximate surface area is 189 Å². The highest BCUT2D eigenvalue weighted by Crippen LogP contribution is 2.35. The van der Waals surface area contributed by atoms with Crippen LogP contribution in [0.4, 0.5) is 5.69 Å². The minimum Gasteiger partial charge on any atom is -0.494 e. The Morgan fingerprint density at radius 3 is 2.91 bits per heavy atom. The molecule has 9 nitrogen and oxygen atoms in total. The van der Waals surface area contributed by atoms with Gasteiger partial charge in [0.15, 0.2) is 5.65 Å². The summed E-state index contributed by atoms with van der Waals surface area (Å²) in [5.41, 5.74) is 6.81. The summed E-state index contributed by atoms with van der Waals surface area (Å²) in [6, 6.07) is 7.79. The van der Waals surface area contributed by atoms with E-state index < -0.39 is 0 Å². The Morgan fingerprint density at radius 2 is 2.03 bits per heavy atom. The molecule has 0 radical (unpaired) electrons. The molecule has 0 atom stereocenters. The van der Waals surface area contributed by atoms with E-state index in [0.717, 1.165) is 63.3 Å². The summed E-state index contributed by atoms with van der Waals surface area (Å²) in [6.45, 7) is 1.97. The molecule has 0 aliphatic carbocycles. The number of pyridine rings is 1. The van der Waals surface area contributed by atoms with Gasteiger partial charge in [0.25, 0.3) is 0 Å². The number of benzene rings is 1. The second kappa shape index (κ2) is 7.40. The fourth-order valence-electron chi connectivity index (χ4n) is 4.41. The van der Waals surface area contributed by atoms with Crippen molar-refractivity contribution in [1.82, 2.24) is 29.4 Å². The van der Waals surface area contributed by atoms with Crippen LogP contribution in [0.2, 0.25) is 0 Å². The first kappa shape index (κ1) is 19.4. The molecule has 33 heavy (non-hydrogen) atoms.